The summed E-state index contributed by atoms with van der Waals surface area (Å²) in [5.74, 6) is 0.820. The maximum atomic E-state index is 14.5. The summed E-state index contributed by atoms with van der Waals surface area (Å²) in [5.41, 5.74) is 1.95. The molecule has 0 spiro atoms. The third-order valence-corrected chi connectivity index (χ3v) is 4.95. The first-order chi connectivity index (χ1) is 12.8. The van der Waals surface area contributed by atoms with E-state index < -0.39 is 0 Å². The highest BCUT2D eigenvalue weighted by atomic mass is 19.1. The molecule has 2 aromatic rings. The fraction of sp³-hybridized carbons (Fsp3) is 0.421. The molecule has 0 radical (unpaired) electrons. The number of nitrogens with zero attached hydrogens (tertiary/aromatic N) is 4. The van der Waals surface area contributed by atoms with Gasteiger partial charge in [0, 0.05) is 37.7 Å². The Morgan fingerprint density at radius 1 is 1.27 bits per heavy atom. The quantitative estimate of drug-likeness (QED) is 0.895. The normalized spacial score (nSPS) is 18.2. The maximum Gasteiger partial charge on any atom is 0.158 e. The predicted octanol–water partition coefficient (Wildman–Crippen LogP) is 3.11. The Morgan fingerprint density at radius 3 is 2.92 bits per heavy atom. The number of aromatic amines is 1. The fourth-order valence-corrected chi connectivity index (χ4v) is 3.39. The van der Waals surface area contributed by atoms with Crippen molar-refractivity contribution in [3.05, 3.63) is 42.1 Å². The molecule has 2 aliphatic heterocycles. The van der Waals surface area contributed by atoms with Crippen molar-refractivity contribution in [2.24, 2.45) is 10.9 Å². The highest BCUT2D eigenvalue weighted by Gasteiger charge is 2.16. The first kappa shape index (κ1) is 16.9. The molecule has 26 heavy (non-hydrogen) atoms. The second kappa shape index (κ2) is 7.78. The summed E-state index contributed by atoms with van der Waals surface area (Å²) < 4.78 is 19.9. The molecule has 136 valence electrons. The van der Waals surface area contributed by atoms with Crippen molar-refractivity contribution in [1.82, 2.24) is 20.1 Å². The van der Waals surface area contributed by atoms with Crippen LogP contribution in [0.1, 0.15) is 24.8 Å². The van der Waals surface area contributed by atoms with Crippen molar-refractivity contribution in [3.8, 4) is 11.4 Å². The number of benzene rings is 1. The minimum atomic E-state index is -0.338. The number of H-pyrrole nitrogens is 1. The van der Waals surface area contributed by atoms with Crippen LogP contribution >= 0.6 is 0 Å². The highest BCUT2D eigenvalue weighted by molar-refractivity contribution is 5.78. The minimum absolute atomic E-state index is 0.338. The van der Waals surface area contributed by atoms with Crippen LogP contribution in [0.5, 0.6) is 0 Å². The SMILES string of the molecule is Fc1cc(C2=CN(CCC3CCOCC3)CC=N2)ccc1-c1ncn[nH]1. The molecule has 0 unspecified atom stereocenters. The van der Waals surface area contributed by atoms with Crippen LogP contribution in [-0.4, -0.2) is 52.6 Å². The number of ether oxygens (including phenoxy) is 1. The van der Waals surface area contributed by atoms with Gasteiger partial charge in [0.1, 0.15) is 12.1 Å². The molecule has 1 fully saturated rings. The monoisotopic (exact) mass is 355 g/mol. The highest BCUT2D eigenvalue weighted by Crippen LogP contribution is 2.26. The zero-order chi connectivity index (χ0) is 17.8. The fourth-order valence-electron chi connectivity index (χ4n) is 3.39. The number of hydrogen-bond acceptors (Lipinski definition) is 5. The number of hydrogen-bond donors (Lipinski definition) is 1. The molecule has 6 nitrogen and oxygen atoms in total. The van der Waals surface area contributed by atoms with Crippen LogP contribution in [0, 0.1) is 11.7 Å². The lowest BCUT2D eigenvalue weighted by atomic mass is 9.96. The molecular formula is C19H22FN5O. The average Bonchev–Trinajstić information content (AvgIpc) is 3.22. The van der Waals surface area contributed by atoms with Crippen LogP contribution < -0.4 is 0 Å². The van der Waals surface area contributed by atoms with Gasteiger partial charge in [-0.25, -0.2) is 9.37 Å². The Labute approximate surface area is 151 Å². The summed E-state index contributed by atoms with van der Waals surface area (Å²) in [4.78, 5) is 10.7. The number of nitrogens with one attached hydrogen (secondary N) is 1. The Balaban J connectivity index is 1.45. The number of aromatic nitrogens is 3. The van der Waals surface area contributed by atoms with Gasteiger partial charge < -0.3 is 9.64 Å². The molecule has 0 aliphatic carbocycles. The summed E-state index contributed by atoms with van der Waals surface area (Å²) in [6, 6.07) is 5.08. The molecule has 1 N–H and O–H groups in total. The van der Waals surface area contributed by atoms with Gasteiger partial charge in [-0.1, -0.05) is 6.07 Å². The molecular weight excluding hydrogens is 333 g/mol. The van der Waals surface area contributed by atoms with Crippen LogP contribution in [-0.2, 0) is 4.74 Å². The number of halogens is 1. The Kier molecular flexibility index (Phi) is 5.06. The Morgan fingerprint density at radius 2 is 2.15 bits per heavy atom. The van der Waals surface area contributed by atoms with Crippen molar-refractivity contribution in [1.29, 1.82) is 0 Å². The number of rotatable bonds is 5. The summed E-state index contributed by atoms with van der Waals surface area (Å²) in [7, 11) is 0. The van der Waals surface area contributed by atoms with E-state index in [1.165, 1.54) is 12.4 Å². The number of aliphatic imine (C=N–C) groups is 1. The summed E-state index contributed by atoms with van der Waals surface area (Å²) in [6.07, 6.45) is 8.73. The first-order valence-electron chi connectivity index (χ1n) is 9.01. The third-order valence-electron chi connectivity index (χ3n) is 4.95. The molecule has 3 heterocycles. The summed E-state index contributed by atoms with van der Waals surface area (Å²) >= 11 is 0. The molecule has 0 saturated carbocycles. The molecule has 0 bridgehead atoms. The maximum absolute atomic E-state index is 14.5. The van der Waals surface area contributed by atoms with E-state index in [1.807, 2.05) is 18.5 Å². The minimum Gasteiger partial charge on any atom is -0.381 e. The third kappa shape index (κ3) is 3.83. The van der Waals surface area contributed by atoms with Crippen LogP contribution in [0.15, 0.2) is 35.7 Å². The largest absolute Gasteiger partial charge is 0.381 e. The lowest BCUT2D eigenvalue weighted by Gasteiger charge is -2.27. The van der Waals surface area contributed by atoms with E-state index >= 15 is 0 Å². The Bertz CT molecular complexity index is 796. The second-order valence-electron chi connectivity index (χ2n) is 6.69. The van der Waals surface area contributed by atoms with E-state index in [9.17, 15) is 4.39 Å². The van der Waals surface area contributed by atoms with E-state index in [0.717, 1.165) is 62.7 Å². The van der Waals surface area contributed by atoms with E-state index in [2.05, 4.69) is 25.1 Å². The lowest BCUT2D eigenvalue weighted by molar-refractivity contribution is 0.0620. The van der Waals surface area contributed by atoms with Gasteiger partial charge in [-0.05, 0) is 37.3 Å². The standard InChI is InChI=1S/C19H22FN5O/c20-17-11-15(1-2-16(17)19-22-13-23-24-19)18-12-25(8-6-21-18)7-3-14-4-9-26-10-5-14/h1-2,6,11-14H,3-5,7-10H2,(H,22,23,24). The van der Waals surface area contributed by atoms with E-state index in [0.29, 0.717) is 11.4 Å². The summed E-state index contributed by atoms with van der Waals surface area (Å²) in [5, 5.41) is 6.45. The molecule has 0 amide bonds. The van der Waals surface area contributed by atoms with Crippen LogP contribution in [0.3, 0.4) is 0 Å². The van der Waals surface area contributed by atoms with Gasteiger partial charge in [0.25, 0.3) is 0 Å². The van der Waals surface area contributed by atoms with Gasteiger partial charge in [-0.2, -0.15) is 5.10 Å². The molecule has 1 saturated heterocycles. The van der Waals surface area contributed by atoms with Crippen LogP contribution in [0.4, 0.5) is 4.39 Å². The van der Waals surface area contributed by atoms with E-state index in [-0.39, 0.29) is 5.82 Å². The molecule has 4 rings (SSSR count). The Hall–Kier alpha value is -2.54. The van der Waals surface area contributed by atoms with Crippen molar-refractivity contribution in [3.63, 3.8) is 0 Å². The van der Waals surface area contributed by atoms with Gasteiger partial charge >= 0.3 is 0 Å². The molecule has 7 heteroatoms. The van der Waals surface area contributed by atoms with Crippen molar-refractivity contribution in [2.75, 3.05) is 26.3 Å². The predicted molar refractivity (Wildman–Crippen MR) is 98.0 cm³/mol. The van der Waals surface area contributed by atoms with Crippen molar-refractivity contribution >= 4 is 11.9 Å². The van der Waals surface area contributed by atoms with Gasteiger partial charge in [0.2, 0.25) is 0 Å². The zero-order valence-electron chi connectivity index (χ0n) is 14.6. The summed E-state index contributed by atoms with van der Waals surface area (Å²) in [6.45, 7) is 3.54. The van der Waals surface area contributed by atoms with Gasteiger partial charge in [-0.15, -0.1) is 0 Å². The lowest BCUT2D eigenvalue weighted by Crippen LogP contribution is -2.27. The van der Waals surface area contributed by atoms with Crippen LogP contribution in [0.25, 0.3) is 17.1 Å². The van der Waals surface area contributed by atoms with Gasteiger partial charge in [0.15, 0.2) is 5.82 Å². The van der Waals surface area contributed by atoms with Crippen molar-refractivity contribution in [2.45, 2.75) is 19.3 Å². The molecule has 0 atom stereocenters. The second-order valence-corrected chi connectivity index (χ2v) is 6.69. The first-order valence-corrected chi connectivity index (χ1v) is 9.01. The zero-order valence-corrected chi connectivity index (χ0v) is 14.6. The smallest absolute Gasteiger partial charge is 0.158 e. The van der Waals surface area contributed by atoms with Gasteiger partial charge in [0.05, 0.1) is 17.8 Å². The molecule has 2 aliphatic rings. The topological polar surface area (TPSA) is 66.4 Å². The average molecular weight is 355 g/mol. The van der Waals surface area contributed by atoms with Crippen LogP contribution in [0.2, 0.25) is 0 Å². The molecule has 1 aromatic carbocycles. The van der Waals surface area contributed by atoms with E-state index in [1.54, 1.807) is 6.07 Å². The van der Waals surface area contributed by atoms with E-state index in [4.69, 9.17) is 4.74 Å². The van der Waals surface area contributed by atoms with Crippen molar-refractivity contribution < 1.29 is 9.13 Å². The molecule has 1 aromatic heterocycles. The van der Waals surface area contributed by atoms with Gasteiger partial charge in [-0.3, -0.25) is 10.1 Å².